The third-order valence-corrected chi connectivity index (χ3v) is 5.55. The molecular weight excluding hydrogens is 300 g/mol. The van der Waals surface area contributed by atoms with Gasteiger partial charge in [0.05, 0.1) is 19.6 Å². The van der Waals surface area contributed by atoms with E-state index in [1.54, 1.807) is 0 Å². The second kappa shape index (κ2) is 8.43. The molecule has 0 N–H and O–H groups in total. The van der Waals surface area contributed by atoms with E-state index in [4.69, 9.17) is 0 Å². The first-order chi connectivity index (χ1) is 11.5. The summed E-state index contributed by atoms with van der Waals surface area (Å²) in [7, 11) is 0. The Labute approximate surface area is 146 Å². The quantitative estimate of drug-likeness (QED) is 0.590. The van der Waals surface area contributed by atoms with Crippen molar-refractivity contribution in [3.63, 3.8) is 0 Å². The number of carbonyl (C=O) groups is 2. The van der Waals surface area contributed by atoms with Crippen LogP contribution in [-0.2, 0) is 11.3 Å². The van der Waals surface area contributed by atoms with E-state index in [1.807, 2.05) is 24.3 Å². The summed E-state index contributed by atoms with van der Waals surface area (Å²) in [5.41, 5.74) is 1.87. The van der Waals surface area contributed by atoms with Crippen LogP contribution in [0.5, 0.6) is 0 Å². The maximum atomic E-state index is 12.6. The van der Waals surface area contributed by atoms with E-state index >= 15 is 0 Å². The molecule has 1 saturated heterocycles. The number of likely N-dealkylation sites (tertiary alicyclic amines) is 1. The number of hydrogen-bond donors (Lipinski definition) is 0. The second-order valence-corrected chi connectivity index (χ2v) is 6.81. The van der Waals surface area contributed by atoms with Gasteiger partial charge in [-0.25, -0.2) is 0 Å². The van der Waals surface area contributed by atoms with Crippen LogP contribution in [0.25, 0.3) is 0 Å². The third-order valence-electron chi connectivity index (χ3n) is 5.55. The van der Waals surface area contributed by atoms with Crippen LogP contribution in [0.1, 0.15) is 62.4 Å². The molecule has 0 bridgehead atoms. The fourth-order valence-electron chi connectivity index (χ4n) is 3.50. The molecule has 0 aromatic heterocycles. The van der Waals surface area contributed by atoms with Gasteiger partial charge in [0.1, 0.15) is 6.54 Å². The first-order valence-corrected chi connectivity index (χ1v) is 9.34. The number of benzene rings is 1. The Bertz CT molecular complexity index is 553. The predicted octanol–water partition coefficient (Wildman–Crippen LogP) is 3.61. The topological polar surface area (TPSA) is 37.4 Å². The summed E-state index contributed by atoms with van der Waals surface area (Å²) in [5, 5.41) is 0. The van der Waals surface area contributed by atoms with Gasteiger partial charge in [0.25, 0.3) is 5.91 Å². The highest BCUT2D eigenvalue weighted by molar-refractivity contribution is 6.04. The van der Waals surface area contributed by atoms with Gasteiger partial charge in [-0.2, -0.15) is 0 Å². The lowest BCUT2D eigenvalue weighted by molar-refractivity contribution is -0.936. The van der Waals surface area contributed by atoms with E-state index in [2.05, 4.69) is 20.8 Å². The molecule has 0 radical (unpaired) electrons. The molecule has 2 rings (SSSR count). The number of amides is 2. The van der Waals surface area contributed by atoms with Crippen molar-refractivity contribution < 1.29 is 14.1 Å². The Kier molecular flexibility index (Phi) is 6.55. The molecule has 0 spiro atoms. The van der Waals surface area contributed by atoms with Crippen LogP contribution in [0.4, 0.5) is 0 Å². The minimum absolute atomic E-state index is 0.0276. The average molecular weight is 331 g/mol. The van der Waals surface area contributed by atoms with Crippen LogP contribution in [0.2, 0.25) is 0 Å². The molecule has 24 heavy (non-hydrogen) atoms. The SMILES string of the molecule is CC[N+](CC)(CC)Cc1ccc(C(=O)N2CCCCCC2=O)cc1. The Morgan fingerprint density at radius 2 is 1.62 bits per heavy atom. The minimum Gasteiger partial charge on any atom is -0.321 e. The highest BCUT2D eigenvalue weighted by atomic mass is 16.2. The van der Waals surface area contributed by atoms with Crippen molar-refractivity contribution in [3.05, 3.63) is 35.4 Å². The summed E-state index contributed by atoms with van der Waals surface area (Å²) in [6.07, 6.45) is 3.33. The van der Waals surface area contributed by atoms with Gasteiger partial charge in [-0.15, -0.1) is 0 Å². The monoisotopic (exact) mass is 331 g/mol. The molecule has 0 aliphatic carbocycles. The first kappa shape index (κ1) is 18.7. The van der Waals surface area contributed by atoms with Crippen LogP contribution in [0.15, 0.2) is 24.3 Å². The fourth-order valence-corrected chi connectivity index (χ4v) is 3.50. The molecule has 0 atom stereocenters. The molecule has 0 saturated carbocycles. The molecule has 1 aliphatic heterocycles. The fraction of sp³-hybridized carbons (Fsp3) is 0.600. The largest absolute Gasteiger partial charge is 0.321 e. The van der Waals surface area contributed by atoms with Gasteiger partial charge < -0.3 is 4.48 Å². The molecular formula is C20H31N2O2+. The van der Waals surface area contributed by atoms with E-state index in [0.29, 0.717) is 18.5 Å². The van der Waals surface area contributed by atoms with E-state index in [9.17, 15) is 9.59 Å². The van der Waals surface area contributed by atoms with Crippen molar-refractivity contribution in [2.75, 3.05) is 26.2 Å². The summed E-state index contributed by atoms with van der Waals surface area (Å²) < 4.78 is 1.05. The second-order valence-electron chi connectivity index (χ2n) is 6.81. The Morgan fingerprint density at radius 1 is 1.00 bits per heavy atom. The third kappa shape index (κ3) is 4.23. The number of carbonyl (C=O) groups excluding carboxylic acids is 2. The Balaban J connectivity index is 2.11. The lowest BCUT2D eigenvalue weighted by Crippen LogP contribution is -2.46. The maximum Gasteiger partial charge on any atom is 0.260 e. The highest BCUT2D eigenvalue weighted by Crippen LogP contribution is 2.18. The molecule has 4 heteroatoms. The summed E-state index contributed by atoms with van der Waals surface area (Å²) >= 11 is 0. The molecule has 0 unspecified atom stereocenters. The summed E-state index contributed by atoms with van der Waals surface area (Å²) in [4.78, 5) is 26.2. The van der Waals surface area contributed by atoms with Crippen LogP contribution in [-0.4, -0.2) is 47.4 Å². The molecule has 4 nitrogen and oxygen atoms in total. The number of nitrogens with zero attached hydrogens (tertiary/aromatic N) is 2. The van der Waals surface area contributed by atoms with Crippen LogP contribution in [0, 0.1) is 0 Å². The molecule has 1 heterocycles. The van der Waals surface area contributed by atoms with Gasteiger partial charge in [-0.05, 0) is 45.7 Å². The van der Waals surface area contributed by atoms with E-state index in [-0.39, 0.29) is 11.8 Å². The zero-order chi connectivity index (χ0) is 17.6. The van der Waals surface area contributed by atoms with E-state index in [1.165, 1.54) is 10.5 Å². The molecule has 2 amide bonds. The summed E-state index contributed by atoms with van der Waals surface area (Å²) in [6, 6.07) is 7.85. The van der Waals surface area contributed by atoms with Crippen LogP contribution < -0.4 is 0 Å². The summed E-state index contributed by atoms with van der Waals surface area (Å²) in [5.74, 6) is -0.170. The first-order valence-electron chi connectivity index (χ1n) is 9.34. The standard InChI is InChI=1S/C20H31N2O2/c1-4-22(5-2,6-3)16-17-11-13-18(14-12-17)20(24)21-15-9-7-8-10-19(21)23/h11-14H,4-10,15-16H2,1-3H3/q+1. The van der Waals surface area contributed by atoms with Crippen molar-refractivity contribution in [1.29, 1.82) is 0 Å². The maximum absolute atomic E-state index is 12.6. The smallest absolute Gasteiger partial charge is 0.260 e. The molecule has 132 valence electrons. The highest BCUT2D eigenvalue weighted by Gasteiger charge is 2.25. The number of imide groups is 1. The zero-order valence-electron chi connectivity index (χ0n) is 15.4. The van der Waals surface area contributed by atoms with Gasteiger partial charge in [-0.1, -0.05) is 18.6 Å². The average Bonchev–Trinajstić information content (AvgIpc) is 2.84. The molecule has 1 fully saturated rings. The molecule has 1 aromatic carbocycles. The van der Waals surface area contributed by atoms with Crippen molar-refractivity contribution in [3.8, 4) is 0 Å². The van der Waals surface area contributed by atoms with Gasteiger partial charge in [-0.3, -0.25) is 14.5 Å². The molecule has 1 aromatic rings. The van der Waals surface area contributed by atoms with Crippen molar-refractivity contribution in [2.24, 2.45) is 0 Å². The van der Waals surface area contributed by atoms with Gasteiger partial charge in [0, 0.05) is 24.1 Å². The molecule has 1 aliphatic rings. The van der Waals surface area contributed by atoms with Crippen LogP contribution in [0.3, 0.4) is 0 Å². The number of hydrogen-bond acceptors (Lipinski definition) is 2. The minimum atomic E-state index is -0.143. The summed E-state index contributed by atoms with van der Waals surface area (Å²) in [6.45, 7) is 11.6. The van der Waals surface area contributed by atoms with Crippen molar-refractivity contribution in [1.82, 2.24) is 4.90 Å². The van der Waals surface area contributed by atoms with E-state index < -0.39 is 0 Å². The normalized spacial score (nSPS) is 16.1. The predicted molar refractivity (Wildman–Crippen MR) is 96.5 cm³/mol. The lowest BCUT2D eigenvalue weighted by Gasteiger charge is -2.35. The lowest BCUT2D eigenvalue weighted by atomic mass is 10.1. The van der Waals surface area contributed by atoms with Crippen molar-refractivity contribution >= 4 is 11.8 Å². The zero-order valence-corrected chi connectivity index (χ0v) is 15.4. The number of quaternary nitrogens is 1. The van der Waals surface area contributed by atoms with Gasteiger partial charge in [0.2, 0.25) is 5.91 Å². The van der Waals surface area contributed by atoms with Gasteiger partial charge >= 0.3 is 0 Å². The number of rotatable bonds is 6. The Hall–Kier alpha value is -1.68. The van der Waals surface area contributed by atoms with Crippen molar-refractivity contribution in [2.45, 2.75) is 53.0 Å². The Morgan fingerprint density at radius 3 is 2.21 bits per heavy atom. The van der Waals surface area contributed by atoms with E-state index in [0.717, 1.165) is 49.9 Å². The van der Waals surface area contributed by atoms with Gasteiger partial charge in [0.15, 0.2) is 0 Å². The van der Waals surface area contributed by atoms with Crippen LogP contribution >= 0.6 is 0 Å².